The minimum Gasteiger partial charge on any atom is -0.490 e. The number of halogens is 2. The second kappa shape index (κ2) is 11.6. The van der Waals surface area contributed by atoms with Gasteiger partial charge in [-0.1, -0.05) is 13.0 Å². The highest BCUT2D eigenvalue weighted by Gasteiger charge is 2.21. The molecule has 1 aromatic carbocycles. The third-order valence-corrected chi connectivity index (χ3v) is 4.49. The Hall–Kier alpha value is -2.15. The van der Waals surface area contributed by atoms with Gasteiger partial charge < -0.3 is 14.8 Å². The molecular formula is C21H30F2N2O3. The molecule has 1 aliphatic rings. The van der Waals surface area contributed by atoms with E-state index in [-0.39, 0.29) is 18.5 Å². The van der Waals surface area contributed by atoms with E-state index >= 15 is 0 Å². The van der Waals surface area contributed by atoms with Gasteiger partial charge in [0, 0.05) is 25.2 Å². The van der Waals surface area contributed by atoms with E-state index in [2.05, 4.69) is 5.32 Å². The number of hydrogen-bond donors (Lipinski definition) is 1. The number of nitrogens with one attached hydrogen (secondary N) is 1. The Labute approximate surface area is 165 Å². The summed E-state index contributed by atoms with van der Waals surface area (Å²) in [6.07, 6.45) is 3.19. The van der Waals surface area contributed by atoms with Crippen molar-refractivity contribution >= 4 is 12.0 Å². The first kappa shape index (κ1) is 22.1. The van der Waals surface area contributed by atoms with Gasteiger partial charge in [0.1, 0.15) is 0 Å². The minimum atomic E-state index is -2.31. The van der Waals surface area contributed by atoms with Crippen molar-refractivity contribution in [3.8, 4) is 11.5 Å². The zero-order valence-corrected chi connectivity index (χ0v) is 16.6. The van der Waals surface area contributed by atoms with Crippen LogP contribution in [0.3, 0.4) is 0 Å². The summed E-state index contributed by atoms with van der Waals surface area (Å²) in [7, 11) is 0. The summed E-state index contributed by atoms with van der Waals surface area (Å²) in [4.78, 5) is 13.9. The number of rotatable bonds is 10. The topological polar surface area (TPSA) is 50.8 Å². The molecule has 0 aromatic heterocycles. The van der Waals surface area contributed by atoms with E-state index < -0.39 is 6.43 Å². The molecule has 0 saturated carbocycles. The molecule has 1 amide bonds. The SMILES string of the molecule is CCCOc1ccc(/C=C/C(=O)NC2CCN(CC(F)F)CC2)cc1OCC. The minimum absolute atomic E-state index is 0.0230. The molecule has 0 spiro atoms. The quantitative estimate of drug-likeness (QED) is 0.613. The van der Waals surface area contributed by atoms with Gasteiger partial charge in [0.05, 0.1) is 19.8 Å². The standard InChI is InChI=1S/C21H30F2N2O3/c1-3-13-28-18-7-5-16(14-19(18)27-4-2)6-8-21(26)24-17-9-11-25(12-10-17)15-20(22)23/h5-8,14,17,20H,3-4,9-13,15H2,1-2H3,(H,24,26)/b8-6+. The third-order valence-electron chi connectivity index (χ3n) is 4.49. The summed E-state index contributed by atoms with van der Waals surface area (Å²) < 4.78 is 36.1. The Kier molecular flexibility index (Phi) is 9.20. The van der Waals surface area contributed by atoms with Crippen LogP contribution in [0.4, 0.5) is 8.78 Å². The highest BCUT2D eigenvalue weighted by molar-refractivity contribution is 5.92. The second-order valence-corrected chi connectivity index (χ2v) is 6.80. The van der Waals surface area contributed by atoms with Gasteiger partial charge in [0.15, 0.2) is 11.5 Å². The lowest BCUT2D eigenvalue weighted by Crippen LogP contribution is -2.45. The Bertz CT molecular complexity index is 645. The molecule has 2 rings (SSSR count). The molecule has 1 saturated heterocycles. The summed E-state index contributed by atoms with van der Waals surface area (Å²) in [5.41, 5.74) is 0.842. The smallest absolute Gasteiger partial charge is 0.251 e. The monoisotopic (exact) mass is 396 g/mol. The van der Waals surface area contributed by atoms with Crippen LogP contribution in [0.25, 0.3) is 6.08 Å². The van der Waals surface area contributed by atoms with Crippen molar-refractivity contribution in [2.75, 3.05) is 32.8 Å². The van der Waals surface area contributed by atoms with E-state index in [9.17, 15) is 13.6 Å². The molecule has 1 fully saturated rings. The first-order valence-electron chi connectivity index (χ1n) is 9.90. The number of piperidine rings is 1. The van der Waals surface area contributed by atoms with Crippen molar-refractivity contribution in [2.45, 2.75) is 45.6 Å². The Morgan fingerprint density at radius 2 is 2.00 bits per heavy atom. The maximum atomic E-state index is 12.4. The number of carbonyl (C=O) groups is 1. The van der Waals surface area contributed by atoms with Crippen molar-refractivity contribution in [1.82, 2.24) is 10.2 Å². The van der Waals surface area contributed by atoms with E-state index in [0.717, 1.165) is 12.0 Å². The van der Waals surface area contributed by atoms with Gasteiger partial charge in [0.25, 0.3) is 6.43 Å². The average molecular weight is 396 g/mol. The maximum absolute atomic E-state index is 12.4. The number of ether oxygens (including phenoxy) is 2. The fraction of sp³-hybridized carbons (Fsp3) is 0.571. The summed E-state index contributed by atoms with van der Waals surface area (Å²) >= 11 is 0. The Morgan fingerprint density at radius 3 is 2.64 bits per heavy atom. The van der Waals surface area contributed by atoms with E-state index in [1.165, 1.54) is 6.08 Å². The van der Waals surface area contributed by atoms with Crippen LogP contribution < -0.4 is 14.8 Å². The molecule has 156 valence electrons. The van der Waals surface area contributed by atoms with Gasteiger partial charge in [-0.25, -0.2) is 8.78 Å². The molecule has 7 heteroatoms. The highest BCUT2D eigenvalue weighted by Crippen LogP contribution is 2.29. The largest absolute Gasteiger partial charge is 0.490 e. The zero-order valence-electron chi connectivity index (χ0n) is 16.6. The number of hydrogen-bond acceptors (Lipinski definition) is 4. The lowest BCUT2D eigenvalue weighted by Gasteiger charge is -2.31. The highest BCUT2D eigenvalue weighted by atomic mass is 19.3. The van der Waals surface area contributed by atoms with Crippen molar-refractivity contribution < 1.29 is 23.0 Å². The molecule has 0 radical (unpaired) electrons. The van der Waals surface area contributed by atoms with Crippen LogP contribution >= 0.6 is 0 Å². The number of likely N-dealkylation sites (tertiary alicyclic amines) is 1. The second-order valence-electron chi connectivity index (χ2n) is 6.80. The lowest BCUT2D eigenvalue weighted by atomic mass is 10.0. The van der Waals surface area contributed by atoms with Gasteiger partial charge in [-0.05, 0) is 50.0 Å². The first-order valence-corrected chi connectivity index (χ1v) is 9.90. The molecule has 0 bridgehead atoms. The normalized spacial score (nSPS) is 15.9. The predicted octanol–water partition coefficient (Wildman–Crippen LogP) is 3.73. The van der Waals surface area contributed by atoms with Crippen LogP contribution in [0.5, 0.6) is 11.5 Å². The molecule has 1 aliphatic heterocycles. The predicted molar refractivity (Wildman–Crippen MR) is 106 cm³/mol. The van der Waals surface area contributed by atoms with Crippen LogP contribution in [0.1, 0.15) is 38.7 Å². The third kappa shape index (κ3) is 7.46. The molecule has 28 heavy (non-hydrogen) atoms. The van der Waals surface area contributed by atoms with Gasteiger partial charge in [-0.2, -0.15) is 0 Å². The Balaban J connectivity index is 1.87. The number of amides is 1. The lowest BCUT2D eigenvalue weighted by molar-refractivity contribution is -0.117. The molecule has 1 N–H and O–H groups in total. The Morgan fingerprint density at radius 1 is 1.25 bits per heavy atom. The molecule has 1 heterocycles. The molecule has 0 atom stereocenters. The molecule has 1 aromatic rings. The van der Waals surface area contributed by atoms with Crippen LogP contribution in [0, 0.1) is 0 Å². The molecular weight excluding hydrogens is 366 g/mol. The fourth-order valence-electron chi connectivity index (χ4n) is 3.10. The zero-order chi connectivity index (χ0) is 20.4. The van der Waals surface area contributed by atoms with Gasteiger partial charge in [-0.15, -0.1) is 0 Å². The van der Waals surface area contributed by atoms with E-state index in [0.29, 0.717) is 50.6 Å². The summed E-state index contributed by atoms with van der Waals surface area (Å²) in [5, 5.41) is 2.95. The summed E-state index contributed by atoms with van der Waals surface area (Å²) in [5.74, 6) is 1.17. The summed E-state index contributed by atoms with van der Waals surface area (Å²) in [6, 6.07) is 5.59. The van der Waals surface area contributed by atoms with E-state index in [4.69, 9.17) is 9.47 Å². The van der Waals surface area contributed by atoms with Crippen LogP contribution in [0.15, 0.2) is 24.3 Å². The fourth-order valence-corrected chi connectivity index (χ4v) is 3.10. The van der Waals surface area contributed by atoms with Crippen LogP contribution in [0.2, 0.25) is 0 Å². The van der Waals surface area contributed by atoms with E-state index in [1.807, 2.05) is 32.0 Å². The number of nitrogens with zero attached hydrogens (tertiary/aromatic N) is 1. The van der Waals surface area contributed by atoms with Crippen LogP contribution in [-0.2, 0) is 4.79 Å². The van der Waals surface area contributed by atoms with E-state index in [1.54, 1.807) is 11.0 Å². The maximum Gasteiger partial charge on any atom is 0.251 e. The van der Waals surface area contributed by atoms with Crippen LogP contribution in [-0.4, -0.2) is 56.1 Å². The van der Waals surface area contributed by atoms with Crippen molar-refractivity contribution in [1.29, 1.82) is 0 Å². The van der Waals surface area contributed by atoms with Gasteiger partial charge >= 0.3 is 0 Å². The average Bonchev–Trinajstić information content (AvgIpc) is 2.67. The molecule has 0 aliphatic carbocycles. The van der Waals surface area contributed by atoms with Crippen molar-refractivity contribution in [3.63, 3.8) is 0 Å². The number of alkyl halides is 2. The first-order chi connectivity index (χ1) is 13.5. The van der Waals surface area contributed by atoms with Gasteiger partial charge in [0.2, 0.25) is 5.91 Å². The number of carbonyl (C=O) groups excluding carboxylic acids is 1. The molecule has 0 unspecified atom stereocenters. The number of benzene rings is 1. The van der Waals surface area contributed by atoms with Crippen molar-refractivity contribution in [2.24, 2.45) is 0 Å². The van der Waals surface area contributed by atoms with Crippen molar-refractivity contribution in [3.05, 3.63) is 29.8 Å². The molecule has 5 nitrogen and oxygen atoms in total. The van der Waals surface area contributed by atoms with Gasteiger partial charge in [-0.3, -0.25) is 9.69 Å². The summed E-state index contributed by atoms with van der Waals surface area (Å²) in [6.45, 7) is 6.06.